The van der Waals surface area contributed by atoms with Crippen LogP contribution in [0.2, 0.25) is 0 Å². The summed E-state index contributed by atoms with van der Waals surface area (Å²) in [6.07, 6.45) is 6.36. The molecule has 0 saturated carbocycles. The first-order valence-electron chi connectivity index (χ1n) is 11.8. The van der Waals surface area contributed by atoms with Crippen LogP contribution < -0.4 is 15.5 Å². The summed E-state index contributed by atoms with van der Waals surface area (Å²) in [6, 6.07) is 10.5. The van der Waals surface area contributed by atoms with Crippen molar-refractivity contribution >= 4 is 17.4 Å². The van der Waals surface area contributed by atoms with E-state index in [0.717, 1.165) is 53.9 Å². The van der Waals surface area contributed by atoms with E-state index in [1.807, 2.05) is 31.2 Å². The van der Waals surface area contributed by atoms with Crippen LogP contribution in [0, 0.1) is 5.82 Å². The molecule has 0 saturated heterocycles. The van der Waals surface area contributed by atoms with E-state index in [2.05, 4.69) is 22.1 Å². The molecule has 2 aromatic rings. The van der Waals surface area contributed by atoms with Gasteiger partial charge in [-0.25, -0.2) is 13.6 Å². The van der Waals surface area contributed by atoms with Crippen LogP contribution in [0.4, 0.5) is 25.0 Å². The van der Waals surface area contributed by atoms with Crippen molar-refractivity contribution in [3.8, 4) is 0 Å². The first-order chi connectivity index (χ1) is 16.4. The molecule has 0 unspecified atom stereocenters. The van der Waals surface area contributed by atoms with Crippen molar-refractivity contribution in [1.82, 2.24) is 5.32 Å². The number of nitrogens with zero attached hydrogens (tertiary/aromatic N) is 1. The third-order valence-electron chi connectivity index (χ3n) is 6.66. The number of carbonyl (C=O) groups excluding carboxylic acids is 1. The van der Waals surface area contributed by atoms with Gasteiger partial charge in [0.25, 0.3) is 0 Å². The average Bonchev–Trinajstić information content (AvgIpc) is 2.83. The quantitative estimate of drug-likeness (QED) is 0.464. The molecule has 0 aliphatic carbocycles. The Bertz CT molecular complexity index is 1140. The van der Waals surface area contributed by atoms with Crippen LogP contribution in [0.3, 0.4) is 0 Å². The van der Waals surface area contributed by atoms with Gasteiger partial charge in [0, 0.05) is 42.8 Å². The minimum absolute atomic E-state index is 0.00820. The van der Waals surface area contributed by atoms with Crippen LogP contribution in [0.1, 0.15) is 55.2 Å². The number of rotatable bonds is 6. The van der Waals surface area contributed by atoms with E-state index in [1.165, 1.54) is 24.3 Å². The fourth-order valence-corrected chi connectivity index (χ4v) is 5.03. The van der Waals surface area contributed by atoms with E-state index in [1.54, 1.807) is 13.0 Å². The molecule has 4 rings (SSSR count). The van der Waals surface area contributed by atoms with Crippen molar-refractivity contribution in [2.75, 3.05) is 29.9 Å². The van der Waals surface area contributed by atoms with Gasteiger partial charge in [0.2, 0.25) is 0 Å². The summed E-state index contributed by atoms with van der Waals surface area (Å²) >= 11 is 0. The average molecular weight is 464 g/mol. The highest BCUT2D eigenvalue weighted by atomic mass is 19.1. The number of anilines is 2. The molecule has 34 heavy (non-hydrogen) atoms. The van der Waals surface area contributed by atoms with Gasteiger partial charge in [-0.3, -0.25) is 0 Å². The van der Waals surface area contributed by atoms with Crippen LogP contribution in [-0.2, 0) is 0 Å². The smallest absolute Gasteiger partial charge is 0.319 e. The first-order valence-corrected chi connectivity index (χ1v) is 11.8. The lowest BCUT2D eigenvalue weighted by molar-refractivity contribution is 0.252. The summed E-state index contributed by atoms with van der Waals surface area (Å²) in [5.74, 6) is -0.464. The summed E-state index contributed by atoms with van der Waals surface area (Å²) in [5, 5.41) is 5.74. The highest BCUT2D eigenvalue weighted by molar-refractivity contribution is 5.90. The number of halogens is 2. The summed E-state index contributed by atoms with van der Waals surface area (Å²) < 4.78 is 27.3. The van der Waals surface area contributed by atoms with Crippen LogP contribution in [0.15, 0.2) is 72.6 Å². The lowest BCUT2D eigenvalue weighted by Crippen LogP contribution is -2.38. The van der Waals surface area contributed by atoms with Crippen LogP contribution in [0.25, 0.3) is 0 Å². The Labute approximate surface area is 200 Å². The molecule has 2 amide bonds. The van der Waals surface area contributed by atoms with Gasteiger partial charge in [-0.15, -0.1) is 0 Å². The molecule has 2 heterocycles. The summed E-state index contributed by atoms with van der Waals surface area (Å²) in [6.45, 7) is 10.1. The van der Waals surface area contributed by atoms with E-state index in [-0.39, 0.29) is 29.5 Å². The largest absolute Gasteiger partial charge is 0.371 e. The molecule has 0 radical (unpaired) electrons. The number of hydrogen-bond donors (Lipinski definition) is 2. The van der Waals surface area contributed by atoms with Crippen molar-refractivity contribution in [2.45, 2.75) is 38.5 Å². The third kappa shape index (κ3) is 4.91. The van der Waals surface area contributed by atoms with Gasteiger partial charge in [0.1, 0.15) is 11.6 Å². The zero-order valence-corrected chi connectivity index (χ0v) is 19.7. The Morgan fingerprint density at radius 1 is 1.15 bits per heavy atom. The summed E-state index contributed by atoms with van der Waals surface area (Å²) in [5.41, 5.74) is 5.93. The van der Waals surface area contributed by atoms with Gasteiger partial charge in [-0.2, -0.15) is 0 Å². The Morgan fingerprint density at radius 3 is 2.56 bits per heavy atom. The van der Waals surface area contributed by atoms with Gasteiger partial charge in [0.05, 0.1) is 0 Å². The zero-order chi connectivity index (χ0) is 24.2. The minimum atomic E-state index is -0.302. The van der Waals surface area contributed by atoms with Crippen molar-refractivity contribution < 1.29 is 13.6 Å². The van der Waals surface area contributed by atoms with E-state index in [0.29, 0.717) is 12.2 Å². The molecule has 2 aromatic carbocycles. The molecule has 0 aromatic heterocycles. The lowest BCUT2D eigenvalue weighted by Gasteiger charge is -2.43. The summed E-state index contributed by atoms with van der Waals surface area (Å²) in [7, 11) is 0. The molecule has 2 atom stereocenters. The van der Waals surface area contributed by atoms with Gasteiger partial charge < -0.3 is 15.5 Å². The van der Waals surface area contributed by atoms with Gasteiger partial charge in [-0.1, -0.05) is 30.9 Å². The standard InChI is InChI=1S/C28H31F2N3O/c1-4-20(29)9-6-18(3)23-12-14-33-15-13-24(19-7-10-21(30)11-8-19)26-17-22(16-25(23)27(26)33)32-28(34)31-5-2/h4,6-11,16-17,23-24H,3,5,12-15H2,1-2H3,(H2,31,32,34)/b9-6-,20-4+/t23-,24-/m0/s1. The molecule has 2 N–H and O–H groups in total. The Balaban J connectivity index is 1.81. The number of nitrogens with one attached hydrogen (secondary N) is 2. The second-order valence-corrected chi connectivity index (χ2v) is 8.79. The van der Waals surface area contributed by atoms with Crippen molar-refractivity contribution in [1.29, 1.82) is 0 Å². The maximum absolute atomic E-state index is 13.7. The van der Waals surface area contributed by atoms with Gasteiger partial charge >= 0.3 is 6.03 Å². The Hall–Kier alpha value is -3.41. The monoisotopic (exact) mass is 463 g/mol. The van der Waals surface area contributed by atoms with Crippen molar-refractivity contribution in [2.24, 2.45) is 0 Å². The Morgan fingerprint density at radius 2 is 1.85 bits per heavy atom. The Kier molecular flexibility index (Phi) is 7.15. The number of hydrogen-bond acceptors (Lipinski definition) is 2. The highest BCUT2D eigenvalue weighted by Crippen LogP contribution is 2.49. The molecule has 2 aliphatic rings. The van der Waals surface area contributed by atoms with Gasteiger partial charge in [0.15, 0.2) is 0 Å². The van der Waals surface area contributed by atoms with E-state index in [9.17, 15) is 13.6 Å². The first kappa shape index (κ1) is 23.7. The number of benzene rings is 2. The molecular formula is C28H31F2N3O. The molecule has 178 valence electrons. The van der Waals surface area contributed by atoms with Crippen molar-refractivity contribution in [3.05, 3.63) is 95.1 Å². The minimum Gasteiger partial charge on any atom is -0.371 e. The molecule has 2 aliphatic heterocycles. The highest BCUT2D eigenvalue weighted by Gasteiger charge is 2.35. The maximum atomic E-state index is 13.7. The molecule has 0 spiro atoms. The van der Waals surface area contributed by atoms with E-state index in [4.69, 9.17) is 0 Å². The normalized spacial score (nSPS) is 19.6. The van der Waals surface area contributed by atoms with Crippen LogP contribution >= 0.6 is 0 Å². The second-order valence-electron chi connectivity index (χ2n) is 8.79. The van der Waals surface area contributed by atoms with E-state index >= 15 is 0 Å². The molecular weight excluding hydrogens is 432 g/mol. The number of carbonyl (C=O) groups is 1. The zero-order valence-electron chi connectivity index (χ0n) is 19.7. The molecule has 4 nitrogen and oxygen atoms in total. The van der Waals surface area contributed by atoms with Gasteiger partial charge in [-0.05, 0) is 79.3 Å². The van der Waals surface area contributed by atoms with Crippen molar-refractivity contribution in [3.63, 3.8) is 0 Å². The molecule has 0 fully saturated rings. The molecule has 0 bridgehead atoms. The number of amides is 2. The van der Waals surface area contributed by atoms with Crippen LogP contribution in [0.5, 0.6) is 0 Å². The fraction of sp³-hybridized carbons (Fsp3) is 0.321. The predicted molar refractivity (Wildman–Crippen MR) is 135 cm³/mol. The fourth-order valence-electron chi connectivity index (χ4n) is 5.03. The predicted octanol–water partition coefficient (Wildman–Crippen LogP) is 6.78. The van der Waals surface area contributed by atoms with Crippen LogP contribution in [-0.4, -0.2) is 25.7 Å². The topological polar surface area (TPSA) is 44.4 Å². The SMILES string of the molecule is C=C(/C=C\C(F)=C/C)[C@@H]1CCN2CC[C@@H](c3ccc(F)cc3)c3cc(NC(=O)NCC)cc1c32. The lowest BCUT2D eigenvalue weighted by atomic mass is 9.76. The number of urea groups is 1. The molecule has 6 heteroatoms. The van der Waals surface area contributed by atoms with E-state index < -0.39 is 0 Å². The third-order valence-corrected chi connectivity index (χ3v) is 6.66. The number of allylic oxidation sites excluding steroid dienone is 5. The second kappa shape index (κ2) is 10.2. The maximum Gasteiger partial charge on any atom is 0.319 e. The summed E-state index contributed by atoms with van der Waals surface area (Å²) in [4.78, 5) is 14.7.